The van der Waals surface area contributed by atoms with Gasteiger partial charge in [0, 0.05) is 18.0 Å². The van der Waals surface area contributed by atoms with Crippen molar-refractivity contribution in [3.63, 3.8) is 0 Å². The summed E-state index contributed by atoms with van der Waals surface area (Å²) < 4.78 is 5.27. The van der Waals surface area contributed by atoms with Crippen LogP contribution >= 0.6 is 11.8 Å². The van der Waals surface area contributed by atoms with E-state index in [1.807, 2.05) is 36.0 Å². The van der Waals surface area contributed by atoms with Crippen molar-refractivity contribution in [3.05, 3.63) is 54.1 Å². The molecule has 1 aliphatic heterocycles. The highest BCUT2D eigenvalue weighted by Crippen LogP contribution is 2.25. The third-order valence-corrected chi connectivity index (χ3v) is 6.04. The van der Waals surface area contributed by atoms with E-state index in [4.69, 9.17) is 4.74 Å². The third kappa shape index (κ3) is 5.66. The van der Waals surface area contributed by atoms with Gasteiger partial charge in [0.15, 0.2) is 0 Å². The monoisotopic (exact) mass is 399 g/mol. The lowest BCUT2D eigenvalue weighted by Gasteiger charge is -2.32. The van der Waals surface area contributed by atoms with E-state index in [0.717, 1.165) is 32.5 Å². The van der Waals surface area contributed by atoms with Gasteiger partial charge in [-0.3, -0.25) is 4.90 Å². The molecule has 1 saturated heterocycles. The number of thioether (sulfide) groups is 1. The average Bonchev–Trinajstić information content (AvgIpc) is 2.74. The van der Waals surface area contributed by atoms with E-state index >= 15 is 0 Å². The van der Waals surface area contributed by atoms with Gasteiger partial charge in [0.05, 0.1) is 12.8 Å². The number of benzene rings is 2. The van der Waals surface area contributed by atoms with E-state index in [1.165, 1.54) is 10.5 Å². The van der Waals surface area contributed by atoms with E-state index in [1.54, 1.807) is 7.11 Å². The predicted molar refractivity (Wildman–Crippen MR) is 116 cm³/mol. The van der Waals surface area contributed by atoms with Gasteiger partial charge < -0.3 is 15.4 Å². The van der Waals surface area contributed by atoms with Gasteiger partial charge in [-0.15, -0.1) is 11.8 Å². The first-order chi connectivity index (χ1) is 13.7. The van der Waals surface area contributed by atoms with Gasteiger partial charge in [0.25, 0.3) is 0 Å². The number of ether oxygens (including phenoxy) is 1. The first-order valence-corrected chi connectivity index (χ1v) is 10.9. The van der Waals surface area contributed by atoms with Crippen LogP contribution in [0.5, 0.6) is 5.75 Å². The quantitative estimate of drug-likeness (QED) is 0.676. The summed E-state index contributed by atoms with van der Waals surface area (Å²) in [5.74, 6) is 1.19. The molecule has 0 bridgehead atoms. The Bertz CT molecular complexity index is 776. The summed E-state index contributed by atoms with van der Waals surface area (Å²) >= 11 is 1.81. The van der Waals surface area contributed by atoms with Gasteiger partial charge >= 0.3 is 6.03 Å². The van der Waals surface area contributed by atoms with Gasteiger partial charge in [-0.05, 0) is 61.9 Å². The van der Waals surface area contributed by atoms with Crippen molar-refractivity contribution in [1.29, 1.82) is 0 Å². The molecule has 0 spiro atoms. The molecule has 2 aromatic rings. The Morgan fingerprint density at radius 2 is 1.86 bits per heavy atom. The Balaban J connectivity index is 1.41. The fraction of sp³-hybridized carbons (Fsp3) is 0.409. The number of likely N-dealkylation sites (tertiary alicyclic amines) is 1. The molecule has 0 unspecified atom stereocenters. The third-order valence-electron chi connectivity index (χ3n) is 5.20. The molecule has 0 radical (unpaired) electrons. The number of rotatable bonds is 7. The lowest BCUT2D eigenvalue weighted by atomic mass is 9.96. The number of urea groups is 1. The molecule has 150 valence electrons. The SMILES string of the molecule is COc1ccccc1NC(=O)NCC1CCN(Cc2ccccc2SC)CC1. The highest BCUT2D eigenvalue weighted by atomic mass is 32.2. The lowest BCUT2D eigenvalue weighted by Crippen LogP contribution is -2.39. The summed E-state index contributed by atoms with van der Waals surface area (Å²) in [4.78, 5) is 16.1. The van der Waals surface area contributed by atoms with Crippen molar-refractivity contribution in [2.45, 2.75) is 24.3 Å². The largest absolute Gasteiger partial charge is 0.495 e. The Hall–Kier alpha value is -2.18. The summed E-state index contributed by atoms with van der Waals surface area (Å²) in [6.07, 6.45) is 4.35. The highest BCUT2D eigenvalue weighted by Gasteiger charge is 2.20. The average molecular weight is 400 g/mol. The van der Waals surface area contributed by atoms with Crippen LogP contribution in [0.3, 0.4) is 0 Å². The molecule has 5 nitrogen and oxygen atoms in total. The first-order valence-electron chi connectivity index (χ1n) is 9.71. The number of carbonyl (C=O) groups is 1. The van der Waals surface area contributed by atoms with Crippen LogP contribution in [0.15, 0.2) is 53.4 Å². The normalized spacial score (nSPS) is 15.2. The molecule has 2 amide bonds. The summed E-state index contributed by atoms with van der Waals surface area (Å²) in [7, 11) is 1.60. The molecule has 28 heavy (non-hydrogen) atoms. The van der Waals surface area contributed by atoms with Crippen molar-refractivity contribution in [1.82, 2.24) is 10.2 Å². The van der Waals surface area contributed by atoms with Gasteiger partial charge in [-0.1, -0.05) is 30.3 Å². The topological polar surface area (TPSA) is 53.6 Å². The van der Waals surface area contributed by atoms with E-state index in [-0.39, 0.29) is 6.03 Å². The van der Waals surface area contributed by atoms with Crippen molar-refractivity contribution in [2.75, 3.05) is 38.3 Å². The lowest BCUT2D eigenvalue weighted by molar-refractivity contribution is 0.175. The molecular formula is C22H29N3O2S. The molecular weight excluding hydrogens is 370 g/mol. The van der Waals surface area contributed by atoms with Crippen molar-refractivity contribution < 1.29 is 9.53 Å². The number of carbonyl (C=O) groups excluding carboxylic acids is 1. The zero-order valence-corrected chi connectivity index (χ0v) is 17.4. The summed E-state index contributed by atoms with van der Waals surface area (Å²) in [5, 5.41) is 5.87. The van der Waals surface area contributed by atoms with Crippen molar-refractivity contribution >= 4 is 23.5 Å². The number of piperidine rings is 1. The van der Waals surface area contributed by atoms with Crippen LogP contribution in [0.25, 0.3) is 0 Å². The zero-order valence-electron chi connectivity index (χ0n) is 16.6. The minimum Gasteiger partial charge on any atom is -0.495 e. The van der Waals surface area contributed by atoms with Crippen molar-refractivity contribution in [2.24, 2.45) is 5.92 Å². The second-order valence-corrected chi connectivity index (χ2v) is 7.91. The first kappa shape index (κ1) is 20.6. The van der Waals surface area contributed by atoms with E-state index in [9.17, 15) is 4.79 Å². The van der Waals surface area contributed by atoms with Crippen LogP contribution in [0.2, 0.25) is 0 Å². The maximum Gasteiger partial charge on any atom is 0.319 e. The molecule has 3 rings (SSSR count). The van der Waals surface area contributed by atoms with Crippen LogP contribution in [-0.2, 0) is 6.54 Å². The standard InChI is InChI=1S/C22H29N3O2S/c1-27-20-9-5-4-8-19(20)24-22(26)23-15-17-11-13-25(14-12-17)16-18-7-3-6-10-21(18)28-2/h3-10,17H,11-16H2,1-2H3,(H2,23,24,26). The van der Waals surface area contributed by atoms with Gasteiger partial charge in [-0.25, -0.2) is 4.79 Å². The smallest absolute Gasteiger partial charge is 0.319 e. The second kappa shape index (κ2) is 10.4. The number of nitrogens with one attached hydrogen (secondary N) is 2. The van der Waals surface area contributed by atoms with E-state index in [2.05, 4.69) is 46.1 Å². The second-order valence-electron chi connectivity index (χ2n) is 7.07. The summed E-state index contributed by atoms with van der Waals surface area (Å²) in [6.45, 7) is 3.86. The fourth-order valence-corrected chi connectivity index (χ4v) is 4.18. The number of hydrogen-bond donors (Lipinski definition) is 2. The fourth-order valence-electron chi connectivity index (χ4n) is 3.57. The highest BCUT2D eigenvalue weighted by molar-refractivity contribution is 7.98. The minimum atomic E-state index is -0.180. The van der Waals surface area contributed by atoms with Crippen LogP contribution < -0.4 is 15.4 Å². The molecule has 1 fully saturated rings. The van der Waals surface area contributed by atoms with Crippen molar-refractivity contribution in [3.8, 4) is 5.75 Å². The van der Waals surface area contributed by atoms with Crippen LogP contribution in [0, 0.1) is 5.92 Å². The molecule has 0 aliphatic carbocycles. The number of anilines is 1. The number of hydrogen-bond acceptors (Lipinski definition) is 4. The molecule has 0 aromatic heterocycles. The molecule has 1 aliphatic rings. The Labute approximate surface area is 171 Å². The molecule has 6 heteroatoms. The predicted octanol–water partition coefficient (Wildman–Crippen LogP) is 4.45. The van der Waals surface area contributed by atoms with Gasteiger partial charge in [-0.2, -0.15) is 0 Å². The van der Waals surface area contributed by atoms with Crippen LogP contribution in [0.4, 0.5) is 10.5 Å². The summed E-state index contributed by atoms with van der Waals surface area (Å²) in [6, 6.07) is 15.9. The number of nitrogens with zero attached hydrogens (tertiary/aromatic N) is 1. The minimum absolute atomic E-state index is 0.180. The molecule has 1 heterocycles. The Kier molecular flexibility index (Phi) is 7.62. The van der Waals surface area contributed by atoms with Crippen LogP contribution in [0.1, 0.15) is 18.4 Å². The van der Waals surface area contributed by atoms with E-state index in [0.29, 0.717) is 23.9 Å². The maximum absolute atomic E-state index is 12.2. The number of methoxy groups -OCH3 is 1. The molecule has 0 atom stereocenters. The number of para-hydroxylation sites is 2. The summed E-state index contributed by atoms with van der Waals surface area (Å²) in [5.41, 5.74) is 2.09. The number of amides is 2. The maximum atomic E-state index is 12.2. The molecule has 0 saturated carbocycles. The Morgan fingerprint density at radius 1 is 1.14 bits per heavy atom. The Morgan fingerprint density at radius 3 is 2.61 bits per heavy atom. The van der Waals surface area contributed by atoms with Gasteiger partial charge in [0.1, 0.15) is 5.75 Å². The van der Waals surface area contributed by atoms with Crippen LogP contribution in [-0.4, -0.2) is 43.9 Å². The molecule has 2 N–H and O–H groups in total. The molecule has 2 aromatic carbocycles. The zero-order chi connectivity index (χ0) is 19.8. The van der Waals surface area contributed by atoms with Gasteiger partial charge in [0.2, 0.25) is 0 Å². The van der Waals surface area contributed by atoms with E-state index < -0.39 is 0 Å².